The Balaban J connectivity index is 0.925. The van der Waals surface area contributed by atoms with E-state index in [2.05, 4.69) is 275 Å². The van der Waals surface area contributed by atoms with Gasteiger partial charge in [0.15, 0.2) is 0 Å². The maximum atomic E-state index is 2.42. The Morgan fingerprint density at radius 2 is 0.672 bits per heavy atom. The van der Waals surface area contributed by atoms with Gasteiger partial charge in [-0.25, -0.2) is 0 Å². The van der Waals surface area contributed by atoms with Crippen molar-refractivity contribution < 1.29 is 0 Å². The van der Waals surface area contributed by atoms with Gasteiger partial charge in [0.1, 0.15) is 0 Å². The second kappa shape index (κ2) is 16.0. The van der Waals surface area contributed by atoms with Gasteiger partial charge in [0.2, 0.25) is 0 Å². The summed E-state index contributed by atoms with van der Waals surface area (Å²) in [7, 11) is 0. The van der Waals surface area contributed by atoms with E-state index in [1.807, 2.05) is 0 Å². The molecule has 0 amide bonds. The van der Waals surface area contributed by atoms with E-state index in [1.54, 1.807) is 0 Å². The summed E-state index contributed by atoms with van der Waals surface area (Å²) < 4.78 is 2.42. The van der Waals surface area contributed by atoms with Crippen LogP contribution in [0.2, 0.25) is 0 Å². The lowest BCUT2D eigenvalue weighted by molar-refractivity contribution is 1.17. The fourth-order valence-electron chi connectivity index (χ4n) is 10.5. The average Bonchev–Trinajstić information content (AvgIpc) is 3.75. The molecule has 314 valence electrons. The zero-order valence-corrected chi connectivity index (χ0v) is 36.7. The number of hydrogen-bond acceptors (Lipinski definition) is 2. The molecule has 13 aromatic rings. The highest BCUT2D eigenvalue weighted by Gasteiger charge is 2.21. The zero-order chi connectivity index (χ0) is 44.3. The minimum absolute atomic E-state index is 1.10. The summed E-state index contributed by atoms with van der Waals surface area (Å²) in [6.45, 7) is 0. The molecule has 1 heterocycles. The van der Waals surface area contributed by atoms with Crippen LogP contribution in [0.1, 0.15) is 0 Å². The monoisotopic (exact) mass is 853 g/mol. The van der Waals surface area contributed by atoms with E-state index in [9.17, 15) is 0 Å². The third-order valence-electron chi connectivity index (χ3n) is 13.5. The highest BCUT2D eigenvalue weighted by atomic mass is 15.1. The molecule has 0 N–H and O–H groups in total. The summed E-state index contributed by atoms with van der Waals surface area (Å²) in [4.78, 5) is 4.80. The van der Waals surface area contributed by atoms with E-state index in [4.69, 9.17) is 0 Å². The maximum absolute atomic E-state index is 2.42. The van der Waals surface area contributed by atoms with Crippen molar-refractivity contribution in [1.29, 1.82) is 0 Å². The van der Waals surface area contributed by atoms with Gasteiger partial charge in [0, 0.05) is 50.0 Å². The quantitative estimate of drug-likeness (QED) is 0.141. The number of anilines is 6. The van der Waals surface area contributed by atoms with Crippen LogP contribution >= 0.6 is 0 Å². The van der Waals surface area contributed by atoms with E-state index in [0.717, 1.165) is 39.8 Å². The molecule has 67 heavy (non-hydrogen) atoms. The molecular formula is C64H43N3. The smallest absolute Gasteiger partial charge is 0.0547 e. The molecule has 0 bridgehead atoms. The molecule has 13 rings (SSSR count). The van der Waals surface area contributed by atoms with Gasteiger partial charge < -0.3 is 14.4 Å². The van der Waals surface area contributed by atoms with Gasteiger partial charge in [0.05, 0.1) is 22.4 Å². The highest BCUT2D eigenvalue weighted by Crippen LogP contribution is 2.45. The van der Waals surface area contributed by atoms with Crippen molar-refractivity contribution in [2.75, 3.05) is 9.80 Å². The van der Waals surface area contributed by atoms with Gasteiger partial charge in [-0.2, -0.15) is 0 Å². The molecule has 0 aliphatic heterocycles. The summed E-state index contributed by atoms with van der Waals surface area (Å²) in [6, 6.07) is 94.9. The van der Waals surface area contributed by atoms with Crippen LogP contribution < -0.4 is 9.80 Å². The first-order chi connectivity index (χ1) is 33.3. The summed E-state index contributed by atoms with van der Waals surface area (Å²) in [5.41, 5.74) is 12.6. The molecule has 0 fully saturated rings. The van der Waals surface area contributed by atoms with Gasteiger partial charge >= 0.3 is 0 Å². The van der Waals surface area contributed by atoms with Crippen LogP contribution in [0.4, 0.5) is 34.1 Å². The fraction of sp³-hybridized carbons (Fsp3) is 0. The second-order valence-electron chi connectivity index (χ2n) is 17.3. The second-order valence-corrected chi connectivity index (χ2v) is 17.3. The largest absolute Gasteiger partial charge is 0.310 e. The molecule has 0 atom stereocenters. The number of nitrogens with zero attached hydrogens (tertiary/aromatic N) is 3. The third-order valence-corrected chi connectivity index (χ3v) is 13.5. The topological polar surface area (TPSA) is 11.4 Å². The first-order valence-electron chi connectivity index (χ1n) is 23.0. The number of rotatable bonds is 8. The van der Waals surface area contributed by atoms with Crippen molar-refractivity contribution >= 4 is 99.0 Å². The van der Waals surface area contributed by atoms with Crippen molar-refractivity contribution in [3.8, 4) is 16.8 Å². The van der Waals surface area contributed by atoms with Crippen LogP contribution in [0.15, 0.2) is 261 Å². The van der Waals surface area contributed by atoms with Gasteiger partial charge in [-0.15, -0.1) is 0 Å². The molecule has 0 saturated carbocycles. The number of aromatic nitrogens is 1. The van der Waals surface area contributed by atoms with Gasteiger partial charge in [-0.05, 0) is 128 Å². The lowest BCUT2D eigenvalue weighted by Gasteiger charge is -2.28. The maximum Gasteiger partial charge on any atom is 0.0547 e. The molecule has 3 nitrogen and oxygen atoms in total. The molecule has 12 aromatic carbocycles. The predicted molar refractivity (Wildman–Crippen MR) is 286 cm³/mol. The van der Waals surface area contributed by atoms with Crippen LogP contribution in [0.3, 0.4) is 0 Å². The normalized spacial score (nSPS) is 11.6. The van der Waals surface area contributed by atoms with Crippen LogP contribution in [0, 0.1) is 0 Å². The molecule has 0 spiro atoms. The Hall–Kier alpha value is -8.92. The van der Waals surface area contributed by atoms with Crippen LogP contribution in [-0.4, -0.2) is 4.57 Å². The standard InChI is InChI=1S/C64H43N3/c1-3-20-47(21-4-1)65(62-42-45-18-7-9-24-52(45)55-26-11-13-28-57(55)62)49-36-34-44(35-37-49)54-31-17-33-61-64(54)59-30-15-16-32-60(59)67(61)51-40-38-50(39-41-51)66(48-22-5-2-6-23-48)63-43-46-19-8-10-25-53(46)56-27-12-14-29-58(56)63/h1-43H. The molecule has 0 unspecified atom stereocenters. The van der Waals surface area contributed by atoms with Gasteiger partial charge in [0.25, 0.3) is 0 Å². The molecule has 1 aromatic heterocycles. The Kier molecular flexibility index (Phi) is 9.17. The van der Waals surface area contributed by atoms with Gasteiger partial charge in [-0.3, -0.25) is 0 Å². The van der Waals surface area contributed by atoms with Crippen molar-refractivity contribution in [2.24, 2.45) is 0 Å². The number of para-hydroxylation sites is 3. The van der Waals surface area contributed by atoms with E-state index in [0.29, 0.717) is 0 Å². The Morgan fingerprint density at radius 1 is 0.269 bits per heavy atom. The Labute approximate surface area is 389 Å². The Bertz CT molecular complexity index is 3970. The average molecular weight is 854 g/mol. The minimum Gasteiger partial charge on any atom is -0.310 e. The predicted octanol–water partition coefficient (Wildman–Crippen LogP) is 18.0. The molecule has 0 saturated heterocycles. The lowest BCUT2D eigenvalue weighted by atomic mass is 9.97. The lowest BCUT2D eigenvalue weighted by Crippen LogP contribution is -2.10. The summed E-state index contributed by atoms with van der Waals surface area (Å²) in [5, 5.41) is 12.4. The minimum atomic E-state index is 1.10. The number of fused-ring (bicyclic) bond motifs is 9. The van der Waals surface area contributed by atoms with Crippen molar-refractivity contribution in [3.63, 3.8) is 0 Å². The molecular weight excluding hydrogens is 811 g/mol. The zero-order valence-electron chi connectivity index (χ0n) is 36.7. The summed E-state index contributed by atoms with van der Waals surface area (Å²) >= 11 is 0. The number of benzene rings is 12. The van der Waals surface area contributed by atoms with Gasteiger partial charge in [-0.1, -0.05) is 176 Å². The molecule has 3 heteroatoms. The van der Waals surface area contributed by atoms with E-state index < -0.39 is 0 Å². The van der Waals surface area contributed by atoms with Crippen molar-refractivity contribution in [2.45, 2.75) is 0 Å². The van der Waals surface area contributed by atoms with E-state index in [1.165, 1.54) is 76.0 Å². The summed E-state index contributed by atoms with van der Waals surface area (Å²) in [5.74, 6) is 0. The third kappa shape index (κ3) is 6.43. The van der Waals surface area contributed by atoms with Crippen LogP contribution in [0.25, 0.3) is 81.7 Å². The first kappa shape index (κ1) is 38.5. The fourth-order valence-corrected chi connectivity index (χ4v) is 10.5. The van der Waals surface area contributed by atoms with Crippen LogP contribution in [0.5, 0.6) is 0 Å². The van der Waals surface area contributed by atoms with Crippen molar-refractivity contribution in [1.82, 2.24) is 4.57 Å². The highest BCUT2D eigenvalue weighted by molar-refractivity contribution is 6.17. The van der Waals surface area contributed by atoms with E-state index in [-0.39, 0.29) is 0 Å². The summed E-state index contributed by atoms with van der Waals surface area (Å²) in [6.07, 6.45) is 0. The molecule has 0 aliphatic carbocycles. The first-order valence-corrected chi connectivity index (χ1v) is 23.0. The molecule has 0 radical (unpaired) electrons. The van der Waals surface area contributed by atoms with E-state index >= 15 is 0 Å². The Morgan fingerprint density at radius 3 is 1.21 bits per heavy atom. The number of hydrogen-bond donors (Lipinski definition) is 0. The molecule has 0 aliphatic rings. The van der Waals surface area contributed by atoms with Crippen LogP contribution in [-0.2, 0) is 0 Å². The SMILES string of the molecule is c1ccc(N(c2ccc(-c3cccc4c3c3ccccc3n4-c3ccc(N(c4ccccc4)c4cc5ccccc5c5ccccc45)cc3)cc2)c2cc3ccccc3c3ccccc23)cc1. The van der Waals surface area contributed by atoms with Crippen molar-refractivity contribution in [3.05, 3.63) is 261 Å².